The fourth-order valence-electron chi connectivity index (χ4n) is 2.83. The van der Waals surface area contributed by atoms with Crippen molar-refractivity contribution in [3.8, 4) is 11.1 Å². The highest BCUT2D eigenvalue weighted by atomic mass is 32.1. The Bertz CT molecular complexity index is 718. The van der Waals surface area contributed by atoms with Crippen LogP contribution in [-0.4, -0.2) is 37.2 Å². The number of ether oxygens (including phenoxy) is 1. The molecule has 0 aliphatic carbocycles. The van der Waals surface area contributed by atoms with Crippen molar-refractivity contribution in [3.63, 3.8) is 0 Å². The molecule has 5 heteroatoms. The SMILES string of the molecule is COC(=O)[C@H](CCS)NCCCC(=O)c1ccccc1-c1ccccc1. The fraction of sp³-hybridized carbons (Fsp3) is 0.333. The second-order valence-corrected chi connectivity index (χ2v) is 6.43. The Morgan fingerprint density at radius 3 is 2.46 bits per heavy atom. The summed E-state index contributed by atoms with van der Waals surface area (Å²) >= 11 is 4.16. The van der Waals surface area contributed by atoms with E-state index in [9.17, 15) is 9.59 Å². The number of Topliss-reactive ketones (excluding diaryl/α,β-unsaturated/α-hetero) is 1. The van der Waals surface area contributed by atoms with E-state index in [-0.39, 0.29) is 17.8 Å². The van der Waals surface area contributed by atoms with Crippen molar-refractivity contribution >= 4 is 24.4 Å². The molecule has 0 aliphatic heterocycles. The summed E-state index contributed by atoms with van der Waals surface area (Å²) in [6.07, 6.45) is 1.67. The van der Waals surface area contributed by atoms with Crippen LogP contribution >= 0.6 is 12.6 Å². The Morgan fingerprint density at radius 1 is 1.08 bits per heavy atom. The summed E-state index contributed by atoms with van der Waals surface area (Å²) < 4.78 is 4.77. The first-order valence-electron chi connectivity index (χ1n) is 8.77. The average Bonchev–Trinajstić information content (AvgIpc) is 2.70. The number of methoxy groups -OCH3 is 1. The summed E-state index contributed by atoms with van der Waals surface area (Å²) in [6, 6.07) is 17.2. The van der Waals surface area contributed by atoms with Gasteiger partial charge in [0.25, 0.3) is 0 Å². The summed E-state index contributed by atoms with van der Waals surface area (Å²) in [7, 11) is 1.37. The smallest absolute Gasteiger partial charge is 0.322 e. The number of rotatable bonds is 10. The van der Waals surface area contributed by atoms with Gasteiger partial charge >= 0.3 is 5.97 Å². The van der Waals surface area contributed by atoms with E-state index in [1.165, 1.54) is 7.11 Å². The van der Waals surface area contributed by atoms with Crippen LogP contribution in [0.1, 0.15) is 29.6 Å². The molecule has 2 aromatic carbocycles. The second kappa shape index (κ2) is 10.8. The van der Waals surface area contributed by atoms with Crippen LogP contribution in [0.4, 0.5) is 0 Å². The molecule has 2 rings (SSSR count). The van der Waals surface area contributed by atoms with Gasteiger partial charge in [-0.05, 0) is 36.3 Å². The molecule has 0 unspecified atom stereocenters. The number of ketones is 1. The van der Waals surface area contributed by atoms with Crippen molar-refractivity contribution in [1.29, 1.82) is 0 Å². The van der Waals surface area contributed by atoms with E-state index in [0.717, 1.165) is 16.7 Å². The molecule has 1 N–H and O–H groups in total. The Kier molecular flexibility index (Phi) is 8.38. The van der Waals surface area contributed by atoms with Gasteiger partial charge in [-0.15, -0.1) is 0 Å². The van der Waals surface area contributed by atoms with Gasteiger partial charge in [0.05, 0.1) is 7.11 Å². The minimum absolute atomic E-state index is 0.107. The normalized spacial score (nSPS) is 11.8. The van der Waals surface area contributed by atoms with E-state index in [1.54, 1.807) is 0 Å². The molecule has 0 fully saturated rings. The van der Waals surface area contributed by atoms with Gasteiger partial charge in [-0.2, -0.15) is 12.6 Å². The topological polar surface area (TPSA) is 55.4 Å². The van der Waals surface area contributed by atoms with Gasteiger partial charge in [0.1, 0.15) is 6.04 Å². The van der Waals surface area contributed by atoms with Gasteiger partial charge in [-0.1, -0.05) is 54.6 Å². The molecule has 0 amide bonds. The third-order valence-electron chi connectivity index (χ3n) is 4.19. The van der Waals surface area contributed by atoms with Crippen molar-refractivity contribution in [1.82, 2.24) is 5.32 Å². The lowest BCUT2D eigenvalue weighted by Gasteiger charge is -2.15. The van der Waals surface area contributed by atoms with Gasteiger partial charge in [0.15, 0.2) is 5.78 Å². The van der Waals surface area contributed by atoms with E-state index < -0.39 is 0 Å². The summed E-state index contributed by atoms with van der Waals surface area (Å²) in [5.74, 6) is 0.408. The first-order chi connectivity index (χ1) is 12.7. The molecule has 0 heterocycles. The third kappa shape index (κ3) is 5.71. The van der Waals surface area contributed by atoms with Crippen molar-refractivity contribution in [2.45, 2.75) is 25.3 Å². The highest BCUT2D eigenvalue weighted by molar-refractivity contribution is 7.80. The Morgan fingerprint density at radius 2 is 1.77 bits per heavy atom. The molecule has 2 aromatic rings. The fourth-order valence-corrected chi connectivity index (χ4v) is 3.09. The molecule has 0 radical (unpaired) electrons. The highest BCUT2D eigenvalue weighted by Crippen LogP contribution is 2.24. The minimum Gasteiger partial charge on any atom is -0.468 e. The zero-order valence-electron chi connectivity index (χ0n) is 15.0. The number of carbonyl (C=O) groups is 2. The maximum atomic E-state index is 12.7. The molecule has 0 saturated carbocycles. The van der Waals surface area contributed by atoms with Gasteiger partial charge in [-0.25, -0.2) is 0 Å². The molecule has 4 nitrogen and oxygen atoms in total. The second-order valence-electron chi connectivity index (χ2n) is 5.98. The third-order valence-corrected chi connectivity index (χ3v) is 4.45. The molecule has 0 aliphatic rings. The van der Waals surface area contributed by atoms with Crippen LogP contribution in [0.25, 0.3) is 11.1 Å². The minimum atomic E-state index is -0.371. The van der Waals surface area contributed by atoms with Gasteiger partial charge in [0.2, 0.25) is 0 Å². The first-order valence-corrected chi connectivity index (χ1v) is 9.40. The average molecular weight is 372 g/mol. The summed E-state index contributed by atoms with van der Waals surface area (Å²) in [5.41, 5.74) is 2.72. The van der Waals surface area contributed by atoms with Crippen LogP contribution in [-0.2, 0) is 9.53 Å². The predicted molar refractivity (Wildman–Crippen MR) is 108 cm³/mol. The Labute approximate surface area is 160 Å². The van der Waals surface area contributed by atoms with E-state index in [0.29, 0.717) is 31.6 Å². The van der Waals surface area contributed by atoms with Crippen molar-refractivity contribution in [2.75, 3.05) is 19.4 Å². The predicted octanol–water partition coefficient (Wildman–Crippen LogP) is 3.77. The molecular formula is C21H25NO3S. The van der Waals surface area contributed by atoms with Crippen LogP contribution in [0.3, 0.4) is 0 Å². The summed E-state index contributed by atoms with van der Waals surface area (Å²) in [5, 5.41) is 3.15. The maximum Gasteiger partial charge on any atom is 0.322 e. The van der Waals surface area contributed by atoms with E-state index >= 15 is 0 Å². The number of thiol groups is 1. The molecule has 0 aromatic heterocycles. The molecule has 138 valence electrons. The first kappa shape index (κ1) is 20.2. The molecule has 0 saturated heterocycles. The van der Waals surface area contributed by atoms with E-state index in [2.05, 4.69) is 17.9 Å². The van der Waals surface area contributed by atoms with Gasteiger partial charge < -0.3 is 10.1 Å². The molecular weight excluding hydrogens is 346 g/mol. The number of carbonyl (C=O) groups excluding carboxylic acids is 2. The summed E-state index contributed by atoms with van der Waals surface area (Å²) in [6.45, 7) is 0.576. The molecule has 0 spiro atoms. The van der Waals surface area contributed by atoms with Crippen molar-refractivity contribution in [2.24, 2.45) is 0 Å². The monoisotopic (exact) mass is 371 g/mol. The number of hydrogen-bond donors (Lipinski definition) is 2. The van der Waals surface area contributed by atoms with Crippen LogP contribution < -0.4 is 5.32 Å². The van der Waals surface area contributed by atoms with E-state index in [1.807, 2.05) is 54.6 Å². The lowest BCUT2D eigenvalue weighted by Crippen LogP contribution is -2.38. The van der Waals surface area contributed by atoms with Gasteiger partial charge in [0, 0.05) is 12.0 Å². The number of esters is 1. The number of nitrogens with one attached hydrogen (secondary N) is 1. The summed E-state index contributed by atoms with van der Waals surface area (Å²) in [4.78, 5) is 24.3. The highest BCUT2D eigenvalue weighted by Gasteiger charge is 2.17. The van der Waals surface area contributed by atoms with Crippen LogP contribution in [0.5, 0.6) is 0 Å². The van der Waals surface area contributed by atoms with Crippen molar-refractivity contribution in [3.05, 3.63) is 60.2 Å². The zero-order valence-corrected chi connectivity index (χ0v) is 15.9. The van der Waals surface area contributed by atoms with E-state index in [4.69, 9.17) is 4.74 Å². The molecule has 26 heavy (non-hydrogen) atoms. The lowest BCUT2D eigenvalue weighted by molar-refractivity contribution is -0.143. The molecule has 0 bridgehead atoms. The van der Waals surface area contributed by atoms with Crippen LogP contribution in [0, 0.1) is 0 Å². The van der Waals surface area contributed by atoms with Crippen LogP contribution in [0.2, 0.25) is 0 Å². The van der Waals surface area contributed by atoms with Crippen molar-refractivity contribution < 1.29 is 14.3 Å². The van der Waals surface area contributed by atoms with Gasteiger partial charge in [-0.3, -0.25) is 9.59 Å². The number of benzene rings is 2. The maximum absolute atomic E-state index is 12.7. The molecule has 1 atom stereocenters. The Balaban J connectivity index is 1.94. The van der Waals surface area contributed by atoms with Crippen LogP contribution in [0.15, 0.2) is 54.6 Å². The number of hydrogen-bond acceptors (Lipinski definition) is 5. The largest absolute Gasteiger partial charge is 0.468 e. The lowest BCUT2D eigenvalue weighted by atomic mass is 9.95. The quantitative estimate of drug-likeness (QED) is 0.289. The Hall–Kier alpha value is -2.11. The zero-order chi connectivity index (χ0) is 18.8. The standard InChI is InChI=1S/C21H25NO3S/c1-25-21(24)19(13-15-26)22-14-7-12-20(23)18-11-6-5-10-17(18)16-8-3-2-4-9-16/h2-6,8-11,19,22,26H,7,12-15H2,1H3/t19-/m0/s1.